The molecule has 1 fully saturated rings. The predicted octanol–water partition coefficient (Wildman–Crippen LogP) is 0.170. The van der Waals surface area contributed by atoms with Crippen molar-refractivity contribution in [1.29, 1.82) is 0 Å². The third-order valence-electron chi connectivity index (χ3n) is 3.33. The van der Waals surface area contributed by atoms with Gasteiger partial charge in [0.05, 0.1) is 13.0 Å². The number of hydrogen-bond acceptors (Lipinski definition) is 5. The monoisotopic (exact) mass is 251 g/mol. The molecule has 0 N–H and O–H groups in total. The first-order valence-corrected chi connectivity index (χ1v) is 5.98. The van der Waals surface area contributed by atoms with Gasteiger partial charge in [-0.15, -0.1) is 0 Å². The lowest BCUT2D eigenvalue weighted by molar-refractivity contribution is -0.146. The quantitative estimate of drug-likeness (QED) is 0.701. The number of nitrogens with zero attached hydrogens (tertiary/aromatic N) is 3. The van der Waals surface area contributed by atoms with E-state index in [0.29, 0.717) is 31.7 Å². The standard InChI is InChI=1S/C12H17N3O3/c1-14-8-5-13-10(11(14)16)15-6-3-9(4-7-15)12(17)18-2/h5,8-9H,3-4,6-7H2,1-2H3. The highest BCUT2D eigenvalue weighted by molar-refractivity contribution is 5.72. The molecule has 0 radical (unpaired) electrons. The average molecular weight is 251 g/mol. The first-order chi connectivity index (χ1) is 8.63. The fraction of sp³-hybridized carbons (Fsp3) is 0.583. The van der Waals surface area contributed by atoms with Crippen molar-refractivity contribution in [3.8, 4) is 0 Å². The van der Waals surface area contributed by atoms with Gasteiger partial charge in [-0.2, -0.15) is 0 Å². The van der Waals surface area contributed by atoms with Crippen LogP contribution >= 0.6 is 0 Å². The van der Waals surface area contributed by atoms with E-state index in [1.807, 2.05) is 4.90 Å². The van der Waals surface area contributed by atoms with Crippen molar-refractivity contribution in [2.75, 3.05) is 25.1 Å². The molecule has 18 heavy (non-hydrogen) atoms. The topological polar surface area (TPSA) is 64.4 Å². The molecule has 6 nitrogen and oxygen atoms in total. The van der Waals surface area contributed by atoms with E-state index in [4.69, 9.17) is 4.74 Å². The third kappa shape index (κ3) is 2.37. The molecule has 0 bridgehead atoms. The molecule has 6 heteroatoms. The van der Waals surface area contributed by atoms with Gasteiger partial charge in [-0.1, -0.05) is 0 Å². The fourth-order valence-corrected chi connectivity index (χ4v) is 2.20. The molecule has 2 heterocycles. The van der Waals surface area contributed by atoms with E-state index in [1.165, 1.54) is 11.7 Å². The zero-order valence-corrected chi connectivity index (χ0v) is 10.6. The minimum atomic E-state index is -0.163. The lowest BCUT2D eigenvalue weighted by Crippen LogP contribution is -2.40. The summed E-state index contributed by atoms with van der Waals surface area (Å²) in [7, 11) is 3.11. The number of piperidine rings is 1. The second-order valence-corrected chi connectivity index (χ2v) is 4.45. The van der Waals surface area contributed by atoms with E-state index < -0.39 is 0 Å². The first-order valence-electron chi connectivity index (χ1n) is 5.98. The molecule has 0 spiro atoms. The van der Waals surface area contributed by atoms with E-state index >= 15 is 0 Å². The van der Waals surface area contributed by atoms with Crippen LogP contribution in [0.4, 0.5) is 5.82 Å². The second kappa shape index (κ2) is 5.20. The van der Waals surface area contributed by atoms with Crippen LogP contribution in [-0.4, -0.2) is 35.7 Å². The smallest absolute Gasteiger partial charge is 0.308 e. The Morgan fingerprint density at radius 3 is 2.72 bits per heavy atom. The molecule has 2 rings (SSSR count). The van der Waals surface area contributed by atoms with Crippen LogP contribution in [0.25, 0.3) is 0 Å². The zero-order chi connectivity index (χ0) is 13.1. The molecule has 0 aromatic carbocycles. The highest BCUT2D eigenvalue weighted by Gasteiger charge is 2.27. The fourth-order valence-electron chi connectivity index (χ4n) is 2.20. The van der Waals surface area contributed by atoms with Gasteiger partial charge >= 0.3 is 5.97 Å². The average Bonchev–Trinajstić information content (AvgIpc) is 2.41. The van der Waals surface area contributed by atoms with Gasteiger partial charge in [-0.05, 0) is 12.8 Å². The lowest BCUT2D eigenvalue weighted by atomic mass is 9.97. The number of methoxy groups -OCH3 is 1. The number of carbonyl (C=O) groups is 1. The number of esters is 1. The van der Waals surface area contributed by atoms with Crippen LogP contribution in [0.3, 0.4) is 0 Å². The van der Waals surface area contributed by atoms with Crippen LogP contribution in [0, 0.1) is 5.92 Å². The summed E-state index contributed by atoms with van der Waals surface area (Å²) < 4.78 is 6.24. The molecule has 1 saturated heterocycles. The summed E-state index contributed by atoms with van der Waals surface area (Å²) in [5.74, 6) is 0.241. The third-order valence-corrected chi connectivity index (χ3v) is 3.33. The van der Waals surface area contributed by atoms with Gasteiger partial charge in [0.1, 0.15) is 0 Å². The van der Waals surface area contributed by atoms with Gasteiger partial charge in [0.2, 0.25) is 0 Å². The number of ether oxygens (including phenoxy) is 1. The molecule has 0 aliphatic carbocycles. The van der Waals surface area contributed by atoms with Crippen molar-refractivity contribution < 1.29 is 9.53 Å². The Morgan fingerprint density at radius 2 is 2.11 bits per heavy atom. The van der Waals surface area contributed by atoms with Gasteiger partial charge in [0, 0.05) is 32.5 Å². The summed E-state index contributed by atoms with van der Waals surface area (Å²) in [5, 5.41) is 0. The number of aryl methyl sites for hydroxylation is 1. The number of anilines is 1. The van der Waals surface area contributed by atoms with Gasteiger partial charge < -0.3 is 14.2 Å². The molecule has 0 unspecified atom stereocenters. The van der Waals surface area contributed by atoms with Crippen molar-refractivity contribution in [3.05, 3.63) is 22.7 Å². The highest BCUT2D eigenvalue weighted by atomic mass is 16.5. The van der Waals surface area contributed by atoms with E-state index in [9.17, 15) is 9.59 Å². The van der Waals surface area contributed by atoms with E-state index in [2.05, 4.69) is 4.98 Å². The van der Waals surface area contributed by atoms with Crippen molar-refractivity contribution in [2.24, 2.45) is 13.0 Å². The van der Waals surface area contributed by atoms with Gasteiger partial charge in [0.25, 0.3) is 5.56 Å². The minimum Gasteiger partial charge on any atom is -0.469 e. The number of aromatic nitrogens is 2. The Bertz CT molecular complexity index is 490. The molecule has 1 aliphatic rings. The molecule has 98 valence electrons. The molecule has 1 aliphatic heterocycles. The summed E-state index contributed by atoms with van der Waals surface area (Å²) in [4.78, 5) is 29.4. The van der Waals surface area contributed by atoms with Crippen LogP contribution < -0.4 is 10.5 Å². The molecule has 0 amide bonds. The Morgan fingerprint density at radius 1 is 1.44 bits per heavy atom. The highest BCUT2D eigenvalue weighted by Crippen LogP contribution is 2.20. The number of hydrogen-bond donors (Lipinski definition) is 0. The van der Waals surface area contributed by atoms with Crippen LogP contribution in [0.2, 0.25) is 0 Å². The molecular weight excluding hydrogens is 234 g/mol. The lowest BCUT2D eigenvalue weighted by Gasteiger charge is -2.30. The predicted molar refractivity (Wildman–Crippen MR) is 66.4 cm³/mol. The van der Waals surface area contributed by atoms with E-state index in [0.717, 1.165) is 0 Å². The van der Waals surface area contributed by atoms with Crippen LogP contribution in [0.15, 0.2) is 17.2 Å². The molecule has 0 saturated carbocycles. The molecular formula is C12H17N3O3. The van der Waals surface area contributed by atoms with Gasteiger partial charge in [0.15, 0.2) is 5.82 Å². The first kappa shape index (κ1) is 12.6. The van der Waals surface area contributed by atoms with Crippen molar-refractivity contribution in [1.82, 2.24) is 9.55 Å². The van der Waals surface area contributed by atoms with Gasteiger partial charge in [-0.3, -0.25) is 9.59 Å². The largest absolute Gasteiger partial charge is 0.469 e. The maximum Gasteiger partial charge on any atom is 0.308 e. The number of carbonyl (C=O) groups excluding carboxylic acids is 1. The Hall–Kier alpha value is -1.85. The second-order valence-electron chi connectivity index (χ2n) is 4.45. The normalized spacial score (nSPS) is 16.7. The summed E-state index contributed by atoms with van der Waals surface area (Å²) in [6.07, 6.45) is 4.65. The summed E-state index contributed by atoms with van der Waals surface area (Å²) in [5.41, 5.74) is -0.103. The van der Waals surface area contributed by atoms with Crippen molar-refractivity contribution in [2.45, 2.75) is 12.8 Å². The zero-order valence-electron chi connectivity index (χ0n) is 10.6. The van der Waals surface area contributed by atoms with Crippen LogP contribution in [0.5, 0.6) is 0 Å². The Balaban J connectivity index is 2.08. The van der Waals surface area contributed by atoms with Crippen LogP contribution in [0.1, 0.15) is 12.8 Å². The molecule has 1 aromatic rings. The molecule has 1 aromatic heterocycles. The summed E-state index contributed by atoms with van der Waals surface area (Å²) in [6.45, 7) is 1.32. The minimum absolute atomic E-state index is 0.0567. The van der Waals surface area contributed by atoms with Crippen LogP contribution in [-0.2, 0) is 16.6 Å². The maximum atomic E-state index is 11.9. The summed E-state index contributed by atoms with van der Waals surface area (Å²) >= 11 is 0. The Kier molecular flexibility index (Phi) is 3.64. The van der Waals surface area contributed by atoms with Crippen molar-refractivity contribution >= 4 is 11.8 Å². The maximum absolute atomic E-state index is 11.9. The summed E-state index contributed by atoms with van der Waals surface area (Å²) in [6, 6.07) is 0. The Labute approximate surface area is 105 Å². The van der Waals surface area contributed by atoms with E-state index in [-0.39, 0.29) is 17.4 Å². The van der Waals surface area contributed by atoms with E-state index in [1.54, 1.807) is 19.4 Å². The van der Waals surface area contributed by atoms with Crippen molar-refractivity contribution in [3.63, 3.8) is 0 Å². The van der Waals surface area contributed by atoms with Gasteiger partial charge in [-0.25, -0.2) is 4.98 Å². The number of rotatable bonds is 2. The molecule has 0 atom stereocenters. The SMILES string of the molecule is COC(=O)C1CCN(c2nccn(C)c2=O)CC1.